The Hall–Kier alpha value is -6.85. The second-order valence-electron chi connectivity index (χ2n) is 17.1. The van der Waals surface area contributed by atoms with Gasteiger partial charge in [-0.2, -0.15) is 0 Å². The van der Waals surface area contributed by atoms with Crippen LogP contribution in [0.5, 0.6) is 0 Å². The van der Waals surface area contributed by atoms with Crippen molar-refractivity contribution in [3.63, 3.8) is 0 Å². The Bertz CT molecular complexity index is 3210. The topological polar surface area (TPSA) is 56.7 Å². The number of benzene rings is 7. The average Bonchev–Trinajstić information content (AvgIpc) is 3.80. The van der Waals surface area contributed by atoms with Gasteiger partial charge in [0.05, 0.1) is 11.0 Å². The molecule has 10 aromatic rings. The fraction of sp³-hybridized carbons (Fsp3) is 0.151. The molecule has 0 fully saturated rings. The average molecular weight is 751 g/mol. The first kappa shape index (κ1) is 34.4. The lowest BCUT2D eigenvalue weighted by molar-refractivity contribution is 0.332. The third kappa shape index (κ3) is 5.56. The maximum absolute atomic E-state index is 6.08. The van der Waals surface area contributed by atoms with E-state index in [4.69, 9.17) is 19.4 Å². The minimum Gasteiger partial charge on any atom is -0.456 e. The number of furan rings is 1. The van der Waals surface area contributed by atoms with Crippen molar-refractivity contribution in [2.24, 2.45) is 0 Å². The number of aromatic nitrogens is 4. The molecule has 1 aliphatic carbocycles. The van der Waals surface area contributed by atoms with Crippen molar-refractivity contribution in [3.05, 3.63) is 169 Å². The van der Waals surface area contributed by atoms with Crippen molar-refractivity contribution in [2.45, 2.75) is 51.4 Å². The van der Waals surface area contributed by atoms with Crippen LogP contribution >= 0.6 is 0 Å². The summed E-state index contributed by atoms with van der Waals surface area (Å²) in [5.74, 6) is 1.91. The van der Waals surface area contributed by atoms with Gasteiger partial charge in [0.1, 0.15) is 11.2 Å². The second-order valence-corrected chi connectivity index (χ2v) is 17.1. The smallest absolute Gasteiger partial charge is 0.164 e. The minimum absolute atomic E-state index is 0.112. The highest BCUT2D eigenvalue weighted by Gasteiger charge is 2.38. The van der Waals surface area contributed by atoms with Crippen LogP contribution in [-0.2, 0) is 10.8 Å². The van der Waals surface area contributed by atoms with Gasteiger partial charge in [0, 0.05) is 43.9 Å². The van der Waals surface area contributed by atoms with E-state index in [1.807, 2.05) is 42.5 Å². The molecule has 11 rings (SSSR count). The fourth-order valence-electron chi connectivity index (χ4n) is 9.13. The number of rotatable bonds is 5. The number of hydrogen-bond acceptors (Lipinski definition) is 4. The monoisotopic (exact) mass is 750 g/mol. The van der Waals surface area contributed by atoms with Crippen molar-refractivity contribution >= 4 is 43.7 Å². The fourth-order valence-corrected chi connectivity index (χ4v) is 9.13. The molecule has 0 saturated heterocycles. The summed E-state index contributed by atoms with van der Waals surface area (Å²) in [5.41, 5.74) is 13.6. The Balaban J connectivity index is 0.992. The lowest BCUT2D eigenvalue weighted by Gasteiger charge is -2.42. The molecular formula is C53H42N4O. The van der Waals surface area contributed by atoms with Crippen LogP contribution in [-0.4, -0.2) is 19.5 Å². The van der Waals surface area contributed by atoms with E-state index >= 15 is 0 Å². The van der Waals surface area contributed by atoms with Crippen LogP contribution in [0.15, 0.2) is 162 Å². The first-order valence-electron chi connectivity index (χ1n) is 20.2. The predicted octanol–water partition coefficient (Wildman–Crippen LogP) is 13.9. The van der Waals surface area contributed by atoms with Crippen molar-refractivity contribution in [3.8, 4) is 51.0 Å². The summed E-state index contributed by atoms with van der Waals surface area (Å²) in [6, 6.07) is 55.7. The van der Waals surface area contributed by atoms with Crippen LogP contribution in [0.2, 0.25) is 0 Å². The zero-order valence-electron chi connectivity index (χ0n) is 33.1. The highest BCUT2D eigenvalue weighted by Crippen LogP contribution is 2.48. The van der Waals surface area contributed by atoms with Crippen LogP contribution in [0.1, 0.15) is 51.7 Å². The summed E-state index contributed by atoms with van der Waals surface area (Å²) >= 11 is 0. The van der Waals surface area contributed by atoms with Gasteiger partial charge in [0.25, 0.3) is 0 Å². The molecule has 58 heavy (non-hydrogen) atoms. The van der Waals surface area contributed by atoms with Gasteiger partial charge in [-0.15, -0.1) is 0 Å². The van der Waals surface area contributed by atoms with E-state index in [2.05, 4.69) is 148 Å². The quantitative estimate of drug-likeness (QED) is 0.176. The standard InChI is InChI=1S/C53H42N4O/c1-52(2)28-29-53(3,4)44-32-46-41(31-43(44)52)39-14-8-10-16-45(39)57(46)38-25-22-36(23-26-38)51-55-49(34-12-6-5-7-13-34)54-50(56-51)35-20-18-33(19-21-35)37-24-27-48-42(30-37)40-15-9-11-17-47(40)58-48/h5-27,30-32H,28-29H2,1-4H3. The highest BCUT2D eigenvalue weighted by atomic mass is 16.3. The third-order valence-corrected chi connectivity index (χ3v) is 12.5. The van der Waals surface area contributed by atoms with E-state index in [0.717, 1.165) is 55.4 Å². The summed E-state index contributed by atoms with van der Waals surface area (Å²) in [5, 5.41) is 4.82. The molecule has 0 atom stereocenters. The molecule has 0 unspecified atom stereocenters. The lowest BCUT2D eigenvalue weighted by atomic mass is 9.63. The van der Waals surface area contributed by atoms with Crippen molar-refractivity contribution < 1.29 is 4.42 Å². The molecule has 0 saturated carbocycles. The van der Waals surface area contributed by atoms with Gasteiger partial charge in [0.15, 0.2) is 17.5 Å². The first-order valence-corrected chi connectivity index (χ1v) is 20.2. The lowest BCUT2D eigenvalue weighted by Crippen LogP contribution is -2.33. The summed E-state index contributed by atoms with van der Waals surface area (Å²) in [6.07, 6.45) is 2.37. The molecule has 280 valence electrons. The molecule has 5 nitrogen and oxygen atoms in total. The molecular weight excluding hydrogens is 709 g/mol. The van der Waals surface area contributed by atoms with Crippen LogP contribution in [0, 0.1) is 0 Å². The highest BCUT2D eigenvalue weighted by molar-refractivity contribution is 6.10. The predicted molar refractivity (Wildman–Crippen MR) is 238 cm³/mol. The van der Waals surface area contributed by atoms with Gasteiger partial charge < -0.3 is 8.98 Å². The van der Waals surface area contributed by atoms with E-state index in [1.54, 1.807) is 0 Å². The number of hydrogen-bond donors (Lipinski definition) is 0. The Kier molecular flexibility index (Phi) is 7.61. The van der Waals surface area contributed by atoms with Gasteiger partial charge in [-0.25, -0.2) is 15.0 Å². The van der Waals surface area contributed by atoms with Crippen molar-refractivity contribution in [1.82, 2.24) is 19.5 Å². The van der Waals surface area contributed by atoms with E-state index in [-0.39, 0.29) is 10.8 Å². The number of para-hydroxylation sites is 2. The summed E-state index contributed by atoms with van der Waals surface area (Å²) < 4.78 is 8.51. The summed E-state index contributed by atoms with van der Waals surface area (Å²) in [4.78, 5) is 15.2. The van der Waals surface area contributed by atoms with Crippen LogP contribution in [0.4, 0.5) is 0 Å². The summed E-state index contributed by atoms with van der Waals surface area (Å²) in [6.45, 7) is 9.61. The molecule has 0 N–H and O–H groups in total. The van der Waals surface area contributed by atoms with Gasteiger partial charge >= 0.3 is 0 Å². The third-order valence-electron chi connectivity index (χ3n) is 12.5. The normalized spacial score (nSPS) is 14.7. The minimum atomic E-state index is 0.112. The second kappa shape index (κ2) is 12.8. The maximum Gasteiger partial charge on any atom is 0.164 e. The van der Waals surface area contributed by atoms with E-state index in [0.29, 0.717) is 17.5 Å². The number of fused-ring (bicyclic) bond motifs is 7. The molecule has 0 amide bonds. The SMILES string of the molecule is CC1(C)CCC(C)(C)c2cc3c(cc21)c1ccccc1n3-c1ccc(-c2nc(-c3ccccc3)nc(-c3ccc(-c4ccc5oc6ccccc6c5c4)cc3)n2)cc1. The molecule has 0 radical (unpaired) electrons. The van der Waals surface area contributed by atoms with E-state index in [9.17, 15) is 0 Å². The molecule has 0 aliphatic heterocycles. The Labute approximate surface area is 337 Å². The first-order chi connectivity index (χ1) is 28.2. The molecule has 0 bridgehead atoms. The molecule has 1 aliphatic rings. The Morgan fingerprint density at radius 1 is 0.414 bits per heavy atom. The van der Waals surface area contributed by atoms with E-state index < -0.39 is 0 Å². The van der Waals surface area contributed by atoms with Gasteiger partial charge in [-0.1, -0.05) is 125 Å². The zero-order chi connectivity index (χ0) is 39.2. The van der Waals surface area contributed by atoms with Crippen molar-refractivity contribution in [2.75, 3.05) is 0 Å². The Morgan fingerprint density at radius 3 is 1.62 bits per heavy atom. The van der Waals surface area contributed by atoms with Crippen LogP contribution < -0.4 is 0 Å². The molecule has 3 aromatic heterocycles. The molecule has 7 aromatic carbocycles. The van der Waals surface area contributed by atoms with E-state index in [1.165, 1.54) is 45.8 Å². The van der Waals surface area contributed by atoms with Gasteiger partial charge in [-0.3, -0.25) is 0 Å². The maximum atomic E-state index is 6.08. The van der Waals surface area contributed by atoms with Crippen LogP contribution in [0.25, 0.3) is 94.7 Å². The molecule has 0 spiro atoms. The van der Waals surface area contributed by atoms with Crippen molar-refractivity contribution in [1.29, 1.82) is 0 Å². The van der Waals surface area contributed by atoms with Crippen LogP contribution in [0.3, 0.4) is 0 Å². The zero-order valence-corrected chi connectivity index (χ0v) is 33.1. The van der Waals surface area contributed by atoms with Gasteiger partial charge in [0.2, 0.25) is 0 Å². The van der Waals surface area contributed by atoms with Gasteiger partial charge in [-0.05, 0) is 107 Å². The molecule has 5 heteroatoms. The largest absolute Gasteiger partial charge is 0.456 e. The Morgan fingerprint density at radius 2 is 0.931 bits per heavy atom. The number of nitrogens with zero attached hydrogens (tertiary/aromatic N) is 4. The molecule has 3 heterocycles. The summed E-state index contributed by atoms with van der Waals surface area (Å²) in [7, 11) is 0.